The van der Waals surface area contributed by atoms with Gasteiger partial charge in [0.2, 0.25) is 0 Å². The first-order chi connectivity index (χ1) is 17.0. The van der Waals surface area contributed by atoms with Gasteiger partial charge in [0.1, 0.15) is 12.3 Å². The molecule has 0 bridgehead atoms. The Morgan fingerprint density at radius 1 is 0.543 bits per heavy atom. The van der Waals surface area contributed by atoms with Crippen LogP contribution in [0.2, 0.25) is 0 Å². The molecular weight excluding hydrogens is 438 g/mol. The summed E-state index contributed by atoms with van der Waals surface area (Å²) in [4.78, 5) is 12.6. The number of carbonyl (C=O) groups excluding carboxylic acids is 1. The van der Waals surface area contributed by atoms with Crippen LogP contribution in [0, 0.1) is 5.92 Å². The first-order valence-electron chi connectivity index (χ1n) is 15.3. The van der Waals surface area contributed by atoms with Crippen molar-refractivity contribution in [1.82, 2.24) is 0 Å². The fourth-order valence-corrected chi connectivity index (χ4v) is 4.97. The van der Waals surface area contributed by atoms with Gasteiger partial charge in [0.05, 0.1) is 12.0 Å². The molecule has 1 unspecified atom stereocenters. The summed E-state index contributed by atoms with van der Waals surface area (Å²) in [6.07, 6.45) is 22.6. The smallest absolute Gasteiger partial charge is 0.170 e. The summed E-state index contributed by atoms with van der Waals surface area (Å²) in [5.74, 6) is -1.61. The second kappa shape index (κ2) is 25.2. The second-order valence-electron chi connectivity index (χ2n) is 10.8. The molecule has 0 amide bonds. The highest BCUT2D eigenvalue weighted by Crippen LogP contribution is 2.20. The van der Waals surface area contributed by atoms with Crippen molar-refractivity contribution in [2.24, 2.45) is 11.7 Å². The molecule has 35 heavy (non-hydrogen) atoms. The Bertz CT molecular complexity index is 458. The van der Waals surface area contributed by atoms with Gasteiger partial charge in [-0.05, 0) is 12.8 Å². The van der Waals surface area contributed by atoms with Gasteiger partial charge in [-0.2, -0.15) is 0 Å². The molecular formula is C30H61NO4. The molecule has 0 spiro atoms. The molecule has 0 aliphatic rings. The molecule has 5 heteroatoms. The molecule has 5 nitrogen and oxygen atoms in total. The van der Waals surface area contributed by atoms with Crippen molar-refractivity contribution in [3.63, 3.8) is 0 Å². The standard InChI is InChI=1S/C30H61NO4/c1-3-5-7-9-11-13-14-15-16-17-19-20-22-24-26(32)28(30(31)35)29(34)27(33)25-23-21-18-12-10-8-6-4-2/h26-28,30,32-33,35H,3-25,31H2,1-2H3/t26-,27-,28-,30?/m1/s1. The fraction of sp³-hybridized carbons (Fsp3) is 0.967. The Morgan fingerprint density at radius 3 is 1.20 bits per heavy atom. The molecule has 0 aliphatic heterocycles. The van der Waals surface area contributed by atoms with E-state index in [2.05, 4.69) is 13.8 Å². The summed E-state index contributed by atoms with van der Waals surface area (Å²) < 4.78 is 0. The molecule has 0 heterocycles. The number of hydrogen-bond acceptors (Lipinski definition) is 5. The van der Waals surface area contributed by atoms with Crippen LogP contribution in [0.4, 0.5) is 0 Å². The second-order valence-corrected chi connectivity index (χ2v) is 10.8. The predicted molar refractivity (Wildman–Crippen MR) is 148 cm³/mol. The van der Waals surface area contributed by atoms with Crippen LogP contribution in [-0.4, -0.2) is 39.5 Å². The lowest BCUT2D eigenvalue weighted by molar-refractivity contribution is -0.140. The van der Waals surface area contributed by atoms with E-state index in [-0.39, 0.29) is 0 Å². The van der Waals surface area contributed by atoms with Gasteiger partial charge in [0.15, 0.2) is 5.78 Å². The Balaban J connectivity index is 3.90. The van der Waals surface area contributed by atoms with Gasteiger partial charge in [0.25, 0.3) is 0 Å². The summed E-state index contributed by atoms with van der Waals surface area (Å²) >= 11 is 0. The Hall–Kier alpha value is -0.490. The van der Waals surface area contributed by atoms with Crippen LogP contribution in [0.15, 0.2) is 0 Å². The van der Waals surface area contributed by atoms with E-state index in [0.717, 1.165) is 38.5 Å². The number of Topliss-reactive ketones (excluding diaryl/α,β-unsaturated/α-hetero) is 1. The maximum absolute atomic E-state index is 12.6. The van der Waals surface area contributed by atoms with E-state index in [1.54, 1.807) is 0 Å². The summed E-state index contributed by atoms with van der Waals surface area (Å²) in [5.41, 5.74) is 5.62. The zero-order valence-electron chi connectivity index (χ0n) is 23.4. The molecule has 0 rings (SSSR count). The quantitative estimate of drug-likeness (QED) is 0.0707. The molecule has 0 aromatic carbocycles. The van der Waals surface area contributed by atoms with E-state index in [4.69, 9.17) is 5.73 Å². The van der Waals surface area contributed by atoms with Gasteiger partial charge in [-0.15, -0.1) is 0 Å². The molecule has 4 atom stereocenters. The molecule has 0 radical (unpaired) electrons. The van der Waals surface area contributed by atoms with Crippen LogP contribution in [0.1, 0.15) is 162 Å². The maximum Gasteiger partial charge on any atom is 0.170 e. The molecule has 0 saturated carbocycles. The number of aliphatic hydroxyl groups excluding tert-OH is 3. The third kappa shape index (κ3) is 20.3. The largest absolute Gasteiger partial charge is 0.392 e. The molecule has 0 saturated heterocycles. The van der Waals surface area contributed by atoms with Crippen molar-refractivity contribution in [1.29, 1.82) is 0 Å². The van der Waals surface area contributed by atoms with E-state index in [0.29, 0.717) is 12.8 Å². The average Bonchev–Trinajstić information content (AvgIpc) is 2.83. The minimum atomic E-state index is -1.44. The number of ketones is 1. The number of carbonyl (C=O) groups is 1. The summed E-state index contributed by atoms with van der Waals surface area (Å²) in [6, 6.07) is 0. The van der Waals surface area contributed by atoms with E-state index in [9.17, 15) is 20.1 Å². The highest BCUT2D eigenvalue weighted by molar-refractivity contribution is 5.86. The van der Waals surface area contributed by atoms with Gasteiger partial charge in [-0.3, -0.25) is 4.79 Å². The number of hydrogen-bond donors (Lipinski definition) is 4. The SMILES string of the molecule is CCCCCCCCCCCCCCC[C@@H](O)[C@H](C(=O)[C@H](O)CCCCCCCCCC)C(N)O. The van der Waals surface area contributed by atoms with E-state index >= 15 is 0 Å². The fourth-order valence-electron chi connectivity index (χ4n) is 4.97. The number of unbranched alkanes of at least 4 members (excludes halogenated alkanes) is 19. The van der Waals surface area contributed by atoms with Crippen molar-refractivity contribution in [2.45, 2.75) is 180 Å². The Kier molecular flexibility index (Phi) is 24.8. The van der Waals surface area contributed by atoms with Crippen LogP contribution >= 0.6 is 0 Å². The Labute approximate surface area is 217 Å². The number of nitrogens with two attached hydrogens (primary N) is 1. The highest BCUT2D eigenvalue weighted by atomic mass is 16.3. The van der Waals surface area contributed by atoms with Gasteiger partial charge < -0.3 is 21.1 Å². The van der Waals surface area contributed by atoms with E-state index < -0.39 is 30.1 Å². The lowest BCUT2D eigenvalue weighted by Crippen LogP contribution is -2.47. The molecule has 0 aliphatic carbocycles. The van der Waals surface area contributed by atoms with Gasteiger partial charge in [0, 0.05) is 0 Å². The van der Waals surface area contributed by atoms with Crippen LogP contribution in [0.25, 0.3) is 0 Å². The number of rotatable bonds is 27. The zero-order valence-corrected chi connectivity index (χ0v) is 23.4. The zero-order chi connectivity index (χ0) is 26.2. The first kappa shape index (κ1) is 34.5. The van der Waals surface area contributed by atoms with Crippen LogP contribution in [0.5, 0.6) is 0 Å². The lowest BCUT2D eigenvalue weighted by atomic mass is 9.87. The van der Waals surface area contributed by atoms with Gasteiger partial charge >= 0.3 is 0 Å². The van der Waals surface area contributed by atoms with Crippen LogP contribution in [-0.2, 0) is 4.79 Å². The topological polar surface area (TPSA) is 104 Å². The molecule has 0 aromatic heterocycles. The monoisotopic (exact) mass is 499 g/mol. The summed E-state index contributed by atoms with van der Waals surface area (Å²) in [6.45, 7) is 4.46. The highest BCUT2D eigenvalue weighted by Gasteiger charge is 2.34. The van der Waals surface area contributed by atoms with Crippen LogP contribution < -0.4 is 5.73 Å². The van der Waals surface area contributed by atoms with Crippen molar-refractivity contribution in [2.75, 3.05) is 0 Å². The van der Waals surface area contributed by atoms with Crippen molar-refractivity contribution < 1.29 is 20.1 Å². The molecule has 210 valence electrons. The average molecular weight is 500 g/mol. The van der Waals surface area contributed by atoms with Crippen LogP contribution in [0.3, 0.4) is 0 Å². The van der Waals surface area contributed by atoms with E-state index in [1.807, 2.05) is 0 Å². The molecule has 0 fully saturated rings. The summed E-state index contributed by atoms with van der Waals surface area (Å²) in [7, 11) is 0. The van der Waals surface area contributed by atoms with Gasteiger partial charge in [-0.25, -0.2) is 0 Å². The Morgan fingerprint density at radius 2 is 0.857 bits per heavy atom. The minimum absolute atomic E-state index is 0.377. The lowest BCUT2D eigenvalue weighted by Gasteiger charge is -2.26. The summed E-state index contributed by atoms with van der Waals surface area (Å²) in [5, 5.41) is 30.7. The first-order valence-corrected chi connectivity index (χ1v) is 15.3. The van der Waals surface area contributed by atoms with Gasteiger partial charge in [-0.1, -0.05) is 149 Å². The maximum atomic E-state index is 12.6. The third-order valence-corrected chi connectivity index (χ3v) is 7.37. The normalized spacial score (nSPS) is 15.1. The molecule has 0 aromatic rings. The molecule has 5 N–H and O–H groups in total. The predicted octanol–water partition coefficient (Wildman–Crippen LogP) is 7.18. The van der Waals surface area contributed by atoms with Crippen molar-refractivity contribution >= 4 is 5.78 Å². The van der Waals surface area contributed by atoms with Crippen molar-refractivity contribution in [3.8, 4) is 0 Å². The van der Waals surface area contributed by atoms with E-state index in [1.165, 1.54) is 96.3 Å². The number of aliphatic hydroxyl groups is 3. The van der Waals surface area contributed by atoms with Crippen molar-refractivity contribution in [3.05, 3.63) is 0 Å². The minimum Gasteiger partial charge on any atom is -0.392 e. The third-order valence-electron chi connectivity index (χ3n) is 7.37.